The van der Waals surface area contributed by atoms with E-state index in [1.165, 1.54) is 16.8 Å². The molecule has 27 heavy (non-hydrogen) atoms. The Bertz CT molecular complexity index is 867. The molecule has 1 unspecified atom stereocenters. The third-order valence-corrected chi connectivity index (χ3v) is 4.50. The van der Waals surface area contributed by atoms with Gasteiger partial charge in [-0.05, 0) is 24.6 Å². The summed E-state index contributed by atoms with van der Waals surface area (Å²) in [5, 5.41) is 22.2. The average molecular weight is 371 g/mol. The molecule has 1 saturated heterocycles. The lowest BCUT2D eigenvalue weighted by Gasteiger charge is -2.20. The first-order valence-corrected chi connectivity index (χ1v) is 8.56. The molecule has 0 spiro atoms. The van der Waals surface area contributed by atoms with Gasteiger partial charge >= 0.3 is 5.69 Å². The molecule has 3 N–H and O–H groups in total. The Hall–Kier alpha value is -2.81. The quantitative estimate of drug-likeness (QED) is 0.651. The maximum absolute atomic E-state index is 12.4. The minimum absolute atomic E-state index is 0.114. The summed E-state index contributed by atoms with van der Waals surface area (Å²) < 4.78 is 6.87. The lowest BCUT2D eigenvalue weighted by atomic mass is 9.96. The lowest BCUT2D eigenvalue weighted by Crippen LogP contribution is -2.32. The van der Waals surface area contributed by atoms with Gasteiger partial charge in [0.2, 0.25) is 0 Å². The molecule has 3 rings (SSSR count). The van der Waals surface area contributed by atoms with Gasteiger partial charge in [0, 0.05) is 17.7 Å². The van der Waals surface area contributed by atoms with Gasteiger partial charge in [0.15, 0.2) is 0 Å². The molecule has 1 aliphatic heterocycles. The van der Waals surface area contributed by atoms with Crippen molar-refractivity contribution < 1.29 is 19.7 Å². The number of amides is 1. The van der Waals surface area contributed by atoms with E-state index in [-0.39, 0.29) is 18.3 Å². The molecule has 0 radical (unpaired) electrons. The summed E-state index contributed by atoms with van der Waals surface area (Å²) in [6.45, 7) is 3.29. The summed E-state index contributed by atoms with van der Waals surface area (Å²) in [4.78, 5) is 28.5. The summed E-state index contributed by atoms with van der Waals surface area (Å²) in [5.41, 5.74) is -0.187. The van der Waals surface area contributed by atoms with Crippen LogP contribution in [0.4, 0.5) is 5.82 Å². The third kappa shape index (κ3) is 3.97. The molecule has 0 saturated carbocycles. The van der Waals surface area contributed by atoms with Gasteiger partial charge in [0.05, 0.1) is 12.7 Å². The summed E-state index contributed by atoms with van der Waals surface area (Å²) in [5.74, 6) is -0.704. The number of aromatic nitrogens is 2. The van der Waals surface area contributed by atoms with Crippen LogP contribution in [-0.4, -0.2) is 44.5 Å². The predicted octanol–water partition coefficient (Wildman–Crippen LogP) is 0.938. The van der Waals surface area contributed by atoms with Gasteiger partial charge in [-0.25, -0.2) is 4.79 Å². The van der Waals surface area contributed by atoms with Gasteiger partial charge in [-0.15, -0.1) is 6.58 Å². The molecule has 2 heterocycles. The van der Waals surface area contributed by atoms with E-state index in [0.717, 1.165) is 0 Å². The molecular weight excluding hydrogens is 350 g/mol. The SMILES string of the molecule is C=CCC1[C@H](n2ccc(NC(=O)c3ccccc3)nc2=O)O[C@H](CO)[C@H]1O. The van der Waals surface area contributed by atoms with Gasteiger partial charge in [0.25, 0.3) is 5.91 Å². The van der Waals surface area contributed by atoms with Crippen LogP contribution in [0.25, 0.3) is 0 Å². The number of aliphatic hydroxyl groups excluding tert-OH is 2. The smallest absolute Gasteiger partial charge is 0.351 e. The summed E-state index contributed by atoms with van der Waals surface area (Å²) in [6.07, 6.45) is 0.974. The number of anilines is 1. The van der Waals surface area contributed by atoms with Crippen LogP contribution in [-0.2, 0) is 4.74 Å². The average Bonchev–Trinajstić information content (AvgIpc) is 2.99. The first-order chi connectivity index (χ1) is 13.0. The van der Waals surface area contributed by atoms with E-state index in [2.05, 4.69) is 16.9 Å². The highest BCUT2D eigenvalue weighted by molar-refractivity contribution is 6.03. The van der Waals surface area contributed by atoms with Crippen LogP contribution in [0.3, 0.4) is 0 Å². The topological polar surface area (TPSA) is 114 Å². The summed E-state index contributed by atoms with van der Waals surface area (Å²) >= 11 is 0. The Balaban J connectivity index is 1.81. The number of nitrogens with zero attached hydrogens (tertiary/aromatic N) is 2. The maximum atomic E-state index is 12.4. The number of carbonyl (C=O) groups excluding carboxylic acids is 1. The number of carbonyl (C=O) groups is 1. The van der Waals surface area contributed by atoms with Crippen molar-refractivity contribution in [3.05, 3.63) is 71.3 Å². The first kappa shape index (κ1) is 19.0. The van der Waals surface area contributed by atoms with Gasteiger partial charge in [-0.2, -0.15) is 4.98 Å². The number of nitrogens with one attached hydrogen (secondary N) is 1. The fourth-order valence-corrected chi connectivity index (χ4v) is 3.13. The molecule has 2 aromatic rings. The van der Waals surface area contributed by atoms with Crippen molar-refractivity contribution in [1.82, 2.24) is 9.55 Å². The molecule has 0 bridgehead atoms. The number of hydrogen-bond donors (Lipinski definition) is 3. The van der Waals surface area contributed by atoms with Crippen LogP contribution in [0.2, 0.25) is 0 Å². The van der Waals surface area contributed by atoms with Crippen LogP contribution in [0.1, 0.15) is 23.0 Å². The van der Waals surface area contributed by atoms with E-state index in [1.54, 1.807) is 36.4 Å². The zero-order chi connectivity index (χ0) is 19.4. The van der Waals surface area contributed by atoms with Crippen molar-refractivity contribution >= 4 is 11.7 Å². The van der Waals surface area contributed by atoms with Crippen molar-refractivity contribution in [3.8, 4) is 0 Å². The molecule has 8 heteroatoms. The fourth-order valence-electron chi connectivity index (χ4n) is 3.13. The number of aliphatic hydroxyl groups is 2. The second-order valence-electron chi connectivity index (χ2n) is 6.25. The Morgan fingerprint density at radius 1 is 1.33 bits per heavy atom. The summed E-state index contributed by atoms with van der Waals surface area (Å²) in [7, 11) is 0. The highest BCUT2D eigenvalue weighted by Crippen LogP contribution is 2.36. The zero-order valence-electron chi connectivity index (χ0n) is 14.6. The number of hydrogen-bond acceptors (Lipinski definition) is 6. The van der Waals surface area contributed by atoms with Crippen molar-refractivity contribution in [3.63, 3.8) is 0 Å². The molecular formula is C19H21N3O5. The van der Waals surface area contributed by atoms with Gasteiger partial charge in [-0.3, -0.25) is 9.36 Å². The third-order valence-electron chi connectivity index (χ3n) is 4.50. The molecule has 1 aromatic carbocycles. The number of rotatable bonds is 6. The van der Waals surface area contributed by atoms with Gasteiger partial charge in [0.1, 0.15) is 18.1 Å². The molecule has 1 aromatic heterocycles. The Kier molecular flexibility index (Phi) is 5.80. The highest BCUT2D eigenvalue weighted by Gasteiger charge is 2.43. The molecule has 0 aliphatic carbocycles. The molecule has 1 aliphatic rings. The zero-order valence-corrected chi connectivity index (χ0v) is 14.6. The molecule has 142 valence electrons. The summed E-state index contributed by atoms with van der Waals surface area (Å²) in [6, 6.07) is 10.1. The molecule has 1 fully saturated rings. The standard InChI is InChI=1S/C19H21N3O5/c1-2-6-13-16(24)14(11-23)27-18(13)22-10-9-15(21-19(22)26)20-17(25)12-7-4-3-5-8-12/h2-5,7-10,13-14,16,18,23-24H,1,6,11H2,(H,20,21,25,26)/t13?,14-,16+,18-/m1/s1. The van der Waals surface area contributed by atoms with Crippen molar-refractivity contribution in [2.45, 2.75) is 24.9 Å². The fraction of sp³-hybridized carbons (Fsp3) is 0.316. The van der Waals surface area contributed by atoms with Crippen LogP contribution in [0.5, 0.6) is 0 Å². The molecule has 8 nitrogen and oxygen atoms in total. The number of ether oxygens (including phenoxy) is 1. The lowest BCUT2D eigenvalue weighted by molar-refractivity contribution is -0.0479. The predicted molar refractivity (Wildman–Crippen MR) is 98.2 cm³/mol. The van der Waals surface area contributed by atoms with Gasteiger partial charge in [-0.1, -0.05) is 24.3 Å². The van der Waals surface area contributed by atoms with Crippen LogP contribution in [0.15, 0.2) is 60.0 Å². The Labute approximate surface area is 155 Å². The molecule has 1 amide bonds. The van der Waals surface area contributed by atoms with Crippen molar-refractivity contribution in [2.24, 2.45) is 5.92 Å². The Morgan fingerprint density at radius 2 is 2.07 bits per heavy atom. The normalized spacial score (nSPS) is 24.5. The van der Waals surface area contributed by atoms with E-state index in [0.29, 0.717) is 12.0 Å². The van der Waals surface area contributed by atoms with Gasteiger partial charge < -0.3 is 20.3 Å². The largest absolute Gasteiger partial charge is 0.394 e. The first-order valence-electron chi connectivity index (χ1n) is 8.56. The minimum Gasteiger partial charge on any atom is -0.394 e. The van der Waals surface area contributed by atoms with E-state index in [4.69, 9.17) is 4.74 Å². The van der Waals surface area contributed by atoms with Crippen molar-refractivity contribution in [1.29, 1.82) is 0 Å². The Morgan fingerprint density at radius 3 is 2.70 bits per heavy atom. The van der Waals surface area contributed by atoms with E-state index >= 15 is 0 Å². The maximum Gasteiger partial charge on any atom is 0.351 e. The van der Waals surface area contributed by atoms with Crippen molar-refractivity contribution in [2.75, 3.05) is 11.9 Å². The minimum atomic E-state index is -0.928. The van der Waals surface area contributed by atoms with E-state index < -0.39 is 30.0 Å². The second kappa shape index (κ2) is 8.26. The highest BCUT2D eigenvalue weighted by atomic mass is 16.5. The molecule has 4 atom stereocenters. The van der Waals surface area contributed by atoms with E-state index in [1.807, 2.05) is 0 Å². The van der Waals surface area contributed by atoms with Crippen LogP contribution < -0.4 is 11.0 Å². The second-order valence-corrected chi connectivity index (χ2v) is 6.25. The monoisotopic (exact) mass is 371 g/mol. The van der Waals surface area contributed by atoms with Crippen LogP contribution >= 0.6 is 0 Å². The van der Waals surface area contributed by atoms with Crippen LogP contribution in [0, 0.1) is 5.92 Å². The number of benzene rings is 1. The van der Waals surface area contributed by atoms with E-state index in [9.17, 15) is 19.8 Å². The number of allylic oxidation sites excluding steroid dienone is 1.